The second-order valence-corrected chi connectivity index (χ2v) is 9.50. The van der Waals surface area contributed by atoms with Crippen LogP contribution in [0.5, 0.6) is 11.5 Å². The Kier molecular flexibility index (Phi) is 6.80. The molecule has 0 bridgehead atoms. The van der Waals surface area contributed by atoms with E-state index < -0.39 is 27.4 Å². The van der Waals surface area contributed by atoms with Crippen LogP contribution in [0.1, 0.15) is 13.8 Å². The second-order valence-electron chi connectivity index (χ2n) is 7.42. The smallest absolute Gasteiger partial charge is 0.347 e. The predicted molar refractivity (Wildman–Crippen MR) is 121 cm³/mol. The number of carboxylic acid groups (broad SMARTS) is 1. The zero-order valence-electron chi connectivity index (χ0n) is 17.8. The maximum absolute atomic E-state index is 14.0. The number of ether oxygens (including phenoxy) is 2. The molecule has 0 saturated heterocycles. The maximum Gasteiger partial charge on any atom is 0.347 e. The third-order valence-corrected chi connectivity index (χ3v) is 6.15. The number of hydrogen-bond acceptors (Lipinski definition) is 6. The number of nitrogens with one attached hydrogen (secondary N) is 1. The van der Waals surface area contributed by atoms with Crippen LogP contribution in [0.4, 0.5) is 10.1 Å². The molecule has 0 fully saturated rings. The van der Waals surface area contributed by atoms with Crippen molar-refractivity contribution in [3.8, 4) is 22.6 Å². The van der Waals surface area contributed by atoms with E-state index in [9.17, 15) is 22.7 Å². The van der Waals surface area contributed by atoms with E-state index in [2.05, 4.69) is 9.71 Å². The SMILES string of the molecule is COc1ccncc1S(=O)(=O)Nc1cc(OC(C)(C)C(=O)O)ccc1-c1cc(F)cc(Cl)c1. The predicted octanol–water partition coefficient (Wildman–Crippen LogP) is 4.59. The van der Waals surface area contributed by atoms with Gasteiger partial charge in [0.05, 0.1) is 19.0 Å². The molecule has 2 aromatic carbocycles. The number of sulfonamides is 1. The molecule has 1 aromatic heterocycles. The summed E-state index contributed by atoms with van der Waals surface area (Å²) < 4.78 is 53.4. The highest BCUT2D eigenvalue weighted by Crippen LogP contribution is 2.36. The lowest BCUT2D eigenvalue weighted by molar-refractivity contribution is -0.152. The van der Waals surface area contributed by atoms with E-state index in [-0.39, 0.29) is 32.7 Å². The lowest BCUT2D eigenvalue weighted by Gasteiger charge is -2.23. The van der Waals surface area contributed by atoms with Gasteiger partial charge in [-0.3, -0.25) is 9.71 Å². The maximum atomic E-state index is 14.0. The van der Waals surface area contributed by atoms with Crippen LogP contribution in [0, 0.1) is 5.82 Å². The van der Waals surface area contributed by atoms with E-state index in [1.165, 1.54) is 63.6 Å². The van der Waals surface area contributed by atoms with Crippen LogP contribution in [0.25, 0.3) is 11.1 Å². The molecule has 0 aliphatic carbocycles. The first kappa shape index (κ1) is 24.3. The molecule has 0 radical (unpaired) electrons. The lowest BCUT2D eigenvalue weighted by Crippen LogP contribution is -2.37. The number of aliphatic carboxylic acids is 1. The summed E-state index contributed by atoms with van der Waals surface area (Å²) in [5.41, 5.74) is -1.02. The van der Waals surface area contributed by atoms with Crippen LogP contribution in [0.15, 0.2) is 59.8 Å². The summed E-state index contributed by atoms with van der Waals surface area (Å²) in [6.45, 7) is 2.69. The highest BCUT2D eigenvalue weighted by molar-refractivity contribution is 7.92. The number of methoxy groups -OCH3 is 1. The Hall–Kier alpha value is -3.37. The van der Waals surface area contributed by atoms with Gasteiger partial charge in [0, 0.05) is 22.8 Å². The van der Waals surface area contributed by atoms with Crippen molar-refractivity contribution in [2.45, 2.75) is 24.3 Å². The third-order valence-electron chi connectivity index (χ3n) is 4.55. The van der Waals surface area contributed by atoms with Crippen LogP contribution >= 0.6 is 11.6 Å². The highest BCUT2D eigenvalue weighted by atomic mass is 35.5. The summed E-state index contributed by atoms with van der Waals surface area (Å²) >= 11 is 5.98. The molecule has 1 heterocycles. The van der Waals surface area contributed by atoms with Gasteiger partial charge in [-0.15, -0.1) is 0 Å². The van der Waals surface area contributed by atoms with Gasteiger partial charge in [-0.1, -0.05) is 11.6 Å². The first-order chi connectivity index (χ1) is 15.4. The molecule has 11 heteroatoms. The van der Waals surface area contributed by atoms with Gasteiger partial charge < -0.3 is 14.6 Å². The third kappa shape index (κ3) is 5.52. The van der Waals surface area contributed by atoms with Crippen LogP contribution in [0.2, 0.25) is 5.02 Å². The molecule has 0 spiro atoms. The van der Waals surface area contributed by atoms with Crippen molar-refractivity contribution in [2.24, 2.45) is 0 Å². The van der Waals surface area contributed by atoms with Crippen molar-refractivity contribution < 1.29 is 32.2 Å². The minimum absolute atomic E-state index is 0.00117. The van der Waals surface area contributed by atoms with E-state index in [0.717, 1.165) is 12.3 Å². The number of nitrogens with zero attached hydrogens (tertiary/aromatic N) is 1. The molecule has 33 heavy (non-hydrogen) atoms. The standard InChI is InChI=1S/C22H20ClFN2O6S/c1-22(2,21(27)28)32-16-4-5-17(13-8-14(23)10-15(24)9-13)18(11-16)26-33(29,30)20-12-25-7-6-19(20)31-3/h4-12,26H,1-3H3,(H,27,28). The minimum Gasteiger partial charge on any atom is -0.495 e. The molecule has 0 atom stereocenters. The summed E-state index contributed by atoms with van der Waals surface area (Å²) in [6, 6.07) is 9.37. The highest BCUT2D eigenvalue weighted by Gasteiger charge is 2.30. The first-order valence-corrected chi connectivity index (χ1v) is 11.3. The van der Waals surface area contributed by atoms with Crippen molar-refractivity contribution in [1.29, 1.82) is 0 Å². The van der Waals surface area contributed by atoms with Crippen molar-refractivity contribution in [3.05, 3.63) is 65.7 Å². The van der Waals surface area contributed by atoms with E-state index in [4.69, 9.17) is 21.1 Å². The van der Waals surface area contributed by atoms with Gasteiger partial charge in [0.1, 0.15) is 22.2 Å². The average Bonchev–Trinajstić information content (AvgIpc) is 2.72. The Bertz CT molecular complexity index is 1290. The Morgan fingerprint density at radius 3 is 2.55 bits per heavy atom. The van der Waals surface area contributed by atoms with Gasteiger partial charge >= 0.3 is 5.97 Å². The van der Waals surface area contributed by atoms with Crippen LogP contribution < -0.4 is 14.2 Å². The Morgan fingerprint density at radius 1 is 1.18 bits per heavy atom. The quantitative estimate of drug-likeness (QED) is 0.470. The zero-order chi connectivity index (χ0) is 24.4. The Balaban J connectivity index is 2.15. The van der Waals surface area contributed by atoms with E-state index in [1.54, 1.807) is 0 Å². The van der Waals surface area contributed by atoms with Crippen LogP contribution in [-0.4, -0.2) is 37.2 Å². The average molecular weight is 495 g/mol. The summed E-state index contributed by atoms with van der Waals surface area (Å²) in [5.74, 6) is -1.70. The molecule has 0 aliphatic heterocycles. The zero-order valence-corrected chi connectivity index (χ0v) is 19.4. The van der Waals surface area contributed by atoms with Gasteiger partial charge in [-0.25, -0.2) is 17.6 Å². The number of benzene rings is 2. The van der Waals surface area contributed by atoms with E-state index in [0.29, 0.717) is 5.56 Å². The number of carbonyl (C=O) groups is 1. The first-order valence-electron chi connectivity index (χ1n) is 9.47. The van der Waals surface area contributed by atoms with Gasteiger partial charge in [0.15, 0.2) is 5.60 Å². The molecule has 0 aliphatic rings. The molecule has 8 nitrogen and oxygen atoms in total. The molecule has 2 N–H and O–H groups in total. The van der Waals surface area contributed by atoms with Crippen molar-refractivity contribution in [1.82, 2.24) is 4.98 Å². The Labute approximate surface area is 195 Å². The molecule has 3 aromatic rings. The van der Waals surface area contributed by atoms with Gasteiger partial charge in [0.25, 0.3) is 10.0 Å². The minimum atomic E-state index is -4.22. The number of hydrogen-bond donors (Lipinski definition) is 2. The Morgan fingerprint density at radius 2 is 1.91 bits per heavy atom. The number of pyridine rings is 1. The van der Waals surface area contributed by atoms with Gasteiger partial charge in [-0.2, -0.15) is 0 Å². The van der Waals surface area contributed by atoms with E-state index in [1.807, 2.05) is 0 Å². The number of rotatable bonds is 8. The summed E-state index contributed by atoms with van der Waals surface area (Å²) in [7, 11) is -2.90. The van der Waals surface area contributed by atoms with Gasteiger partial charge in [-0.05, 0) is 55.8 Å². The largest absolute Gasteiger partial charge is 0.495 e. The fourth-order valence-electron chi connectivity index (χ4n) is 2.91. The van der Waals surface area contributed by atoms with Crippen LogP contribution in [0.3, 0.4) is 0 Å². The van der Waals surface area contributed by atoms with Crippen molar-refractivity contribution >= 4 is 33.3 Å². The summed E-state index contributed by atoms with van der Waals surface area (Å²) in [6.07, 6.45) is 2.49. The topological polar surface area (TPSA) is 115 Å². The fraction of sp³-hybridized carbons (Fsp3) is 0.182. The van der Waals surface area contributed by atoms with Crippen LogP contribution in [-0.2, 0) is 14.8 Å². The number of anilines is 1. The molecule has 0 saturated carbocycles. The number of halogens is 2. The number of aromatic nitrogens is 1. The monoisotopic (exact) mass is 494 g/mol. The lowest BCUT2D eigenvalue weighted by atomic mass is 10.0. The molecular formula is C22H20ClFN2O6S. The normalized spacial score (nSPS) is 11.7. The molecule has 3 rings (SSSR count). The van der Waals surface area contributed by atoms with E-state index >= 15 is 0 Å². The second kappa shape index (κ2) is 9.24. The molecule has 0 amide bonds. The molecular weight excluding hydrogens is 475 g/mol. The van der Waals surface area contributed by atoms with Gasteiger partial charge in [0.2, 0.25) is 0 Å². The fourth-order valence-corrected chi connectivity index (χ4v) is 4.31. The van der Waals surface area contributed by atoms with Crippen molar-refractivity contribution in [2.75, 3.05) is 11.8 Å². The van der Waals surface area contributed by atoms with Crippen molar-refractivity contribution in [3.63, 3.8) is 0 Å². The molecule has 174 valence electrons. The summed E-state index contributed by atoms with van der Waals surface area (Å²) in [4.78, 5) is 15.0. The summed E-state index contributed by atoms with van der Waals surface area (Å²) in [5, 5.41) is 9.46. The number of carboxylic acids is 1. The molecule has 0 unspecified atom stereocenters.